The molecule has 1 aliphatic rings. The van der Waals surface area contributed by atoms with Crippen LogP contribution in [0.3, 0.4) is 0 Å². The van der Waals surface area contributed by atoms with E-state index in [-0.39, 0.29) is 5.91 Å². The van der Waals surface area contributed by atoms with E-state index in [9.17, 15) is 4.79 Å². The van der Waals surface area contributed by atoms with Crippen LogP contribution < -0.4 is 4.90 Å². The quantitative estimate of drug-likeness (QED) is 0.727. The Morgan fingerprint density at radius 3 is 2.80 bits per heavy atom. The lowest BCUT2D eigenvalue weighted by Crippen LogP contribution is -2.23. The van der Waals surface area contributed by atoms with E-state index in [0.717, 1.165) is 30.2 Å². The van der Waals surface area contributed by atoms with Crippen molar-refractivity contribution in [3.05, 3.63) is 35.4 Å². The van der Waals surface area contributed by atoms with Crippen molar-refractivity contribution in [1.82, 2.24) is 29.1 Å². The second-order valence-electron chi connectivity index (χ2n) is 6.22. The zero-order chi connectivity index (χ0) is 17.6. The van der Waals surface area contributed by atoms with Gasteiger partial charge in [0.2, 0.25) is 5.91 Å². The second-order valence-corrected chi connectivity index (χ2v) is 6.22. The van der Waals surface area contributed by atoms with Crippen LogP contribution >= 0.6 is 0 Å². The number of aromatic nitrogens is 6. The maximum Gasteiger partial charge on any atom is 0.228 e. The van der Waals surface area contributed by atoms with E-state index in [0.29, 0.717) is 23.7 Å². The van der Waals surface area contributed by atoms with E-state index in [1.165, 1.54) is 0 Å². The number of carbonyl (C=O) groups excluding carboxylic acids is 1. The summed E-state index contributed by atoms with van der Waals surface area (Å²) in [5.41, 5.74) is 2.61. The van der Waals surface area contributed by atoms with E-state index >= 15 is 0 Å². The molecule has 1 fully saturated rings. The molecule has 0 radical (unpaired) electrons. The van der Waals surface area contributed by atoms with Crippen LogP contribution in [-0.2, 0) is 11.8 Å². The molecule has 0 unspecified atom stereocenters. The van der Waals surface area contributed by atoms with Gasteiger partial charge in [-0.15, -0.1) is 5.10 Å². The summed E-state index contributed by atoms with van der Waals surface area (Å²) < 4.78 is 3.68. The lowest BCUT2D eigenvalue weighted by Gasteiger charge is -2.10. The lowest BCUT2D eigenvalue weighted by atomic mass is 10.3. The number of carbonyl (C=O) groups is 1. The molecule has 8 nitrogen and oxygen atoms in total. The highest BCUT2D eigenvalue weighted by Crippen LogP contribution is 2.21. The van der Waals surface area contributed by atoms with Gasteiger partial charge < -0.3 is 4.57 Å². The van der Waals surface area contributed by atoms with Crippen LogP contribution in [0.25, 0.3) is 17.8 Å². The molecule has 0 aliphatic carbocycles. The zero-order valence-electron chi connectivity index (χ0n) is 14.5. The molecule has 4 heterocycles. The first kappa shape index (κ1) is 15.5. The fourth-order valence-electron chi connectivity index (χ4n) is 2.93. The van der Waals surface area contributed by atoms with Crippen LogP contribution in [0.5, 0.6) is 0 Å². The van der Waals surface area contributed by atoms with E-state index in [1.807, 2.05) is 43.8 Å². The summed E-state index contributed by atoms with van der Waals surface area (Å²) in [6.45, 7) is 4.65. The molecule has 3 aromatic heterocycles. The molecular formula is C17H19N7O. The number of aryl methyl sites for hydroxylation is 3. The molecule has 25 heavy (non-hydrogen) atoms. The molecule has 0 aromatic carbocycles. The number of hydrogen-bond donors (Lipinski definition) is 0. The van der Waals surface area contributed by atoms with Crippen molar-refractivity contribution in [1.29, 1.82) is 0 Å². The Bertz CT molecular complexity index is 998. The number of rotatable bonds is 3. The van der Waals surface area contributed by atoms with Gasteiger partial charge in [0.15, 0.2) is 17.3 Å². The molecule has 1 saturated heterocycles. The Morgan fingerprint density at radius 2 is 2.04 bits per heavy atom. The van der Waals surface area contributed by atoms with Gasteiger partial charge in [-0.05, 0) is 32.4 Å². The van der Waals surface area contributed by atoms with E-state index in [4.69, 9.17) is 0 Å². The normalized spacial score (nSPS) is 15.2. The van der Waals surface area contributed by atoms with E-state index in [2.05, 4.69) is 20.1 Å². The number of anilines is 1. The molecule has 0 atom stereocenters. The minimum atomic E-state index is 0.133. The van der Waals surface area contributed by atoms with Gasteiger partial charge in [0.05, 0.1) is 17.6 Å². The summed E-state index contributed by atoms with van der Waals surface area (Å²) in [6.07, 6.45) is 8.74. The highest BCUT2D eigenvalue weighted by molar-refractivity contribution is 5.94. The standard InChI is InChI=1S/C17H19N7O/c1-11-12(2)24-15(9-18-11)19-13(21-24)6-7-14-20-16(10-22(14)3)23-8-4-5-17(23)25/h6-7,9-10H,4-5,8H2,1-3H3/b7-6+. The highest BCUT2D eigenvalue weighted by Gasteiger charge is 2.24. The first-order valence-electron chi connectivity index (χ1n) is 8.24. The molecule has 0 N–H and O–H groups in total. The van der Waals surface area contributed by atoms with Gasteiger partial charge in [-0.1, -0.05) is 0 Å². The SMILES string of the molecule is Cc1ncc2nc(/C=C/c3nc(N4CCCC4=O)cn3C)nn2c1C. The van der Waals surface area contributed by atoms with Crippen LogP contribution in [0.2, 0.25) is 0 Å². The van der Waals surface area contributed by atoms with Crippen LogP contribution in [0.4, 0.5) is 5.82 Å². The number of imidazole rings is 1. The van der Waals surface area contributed by atoms with Crippen molar-refractivity contribution < 1.29 is 4.79 Å². The Hall–Kier alpha value is -3.03. The van der Waals surface area contributed by atoms with Gasteiger partial charge in [0.1, 0.15) is 5.82 Å². The van der Waals surface area contributed by atoms with Crippen LogP contribution in [0, 0.1) is 13.8 Å². The summed E-state index contributed by atoms with van der Waals surface area (Å²) >= 11 is 0. The number of fused-ring (bicyclic) bond motifs is 1. The Kier molecular flexibility index (Phi) is 3.60. The summed E-state index contributed by atoms with van der Waals surface area (Å²) in [5, 5.41) is 4.49. The molecule has 3 aromatic rings. The Morgan fingerprint density at radius 1 is 1.20 bits per heavy atom. The van der Waals surface area contributed by atoms with Gasteiger partial charge in [-0.2, -0.15) is 0 Å². The summed E-state index contributed by atoms with van der Waals surface area (Å²) in [6, 6.07) is 0. The van der Waals surface area contributed by atoms with Crippen LogP contribution in [0.15, 0.2) is 12.4 Å². The first-order valence-corrected chi connectivity index (χ1v) is 8.24. The molecule has 8 heteroatoms. The van der Waals surface area contributed by atoms with Gasteiger partial charge >= 0.3 is 0 Å². The monoisotopic (exact) mass is 337 g/mol. The molecule has 1 aliphatic heterocycles. The maximum absolute atomic E-state index is 11.9. The summed E-state index contributed by atoms with van der Waals surface area (Å²) in [5.74, 6) is 2.18. The predicted octanol–water partition coefficient (Wildman–Crippen LogP) is 1.77. The third-order valence-electron chi connectivity index (χ3n) is 4.49. The Labute approximate surface area is 144 Å². The van der Waals surface area contributed by atoms with Crippen molar-refractivity contribution in [3.63, 3.8) is 0 Å². The van der Waals surface area contributed by atoms with Crippen molar-refractivity contribution in [2.45, 2.75) is 26.7 Å². The van der Waals surface area contributed by atoms with Crippen molar-refractivity contribution in [2.24, 2.45) is 7.05 Å². The first-order chi connectivity index (χ1) is 12.0. The highest BCUT2D eigenvalue weighted by atomic mass is 16.2. The zero-order valence-corrected chi connectivity index (χ0v) is 14.5. The fraction of sp³-hybridized carbons (Fsp3) is 0.353. The molecule has 1 amide bonds. The third-order valence-corrected chi connectivity index (χ3v) is 4.49. The number of amides is 1. The van der Waals surface area contributed by atoms with E-state index in [1.54, 1.807) is 15.6 Å². The largest absolute Gasteiger partial charge is 0.332 e. The van der Waals surface area contributed by atoms with Gasteiger partial charge in [-0.3, -0.25) is 14.7 Å². The fourth-order valence-corrected chi connectivity index (χ4v) is 2.93. The second kappa shape index (κ2) is 5.80. The van der Waals surface area contributed by atoms with E-state index < -0.39 is 0 Å². The van der Waals surface area contributed by atoms with Crippen molar-refractivity contribution >= 4 is 29.5 Å². The smallest absolute Gasteiger partial charge is 0.228 e. The Balaban J connectivity index is 1.63. The number of hydrogen-bond acceptors (Lipinski definition) is 5. The maximum atomic E-state index is 11.9. The average Bonchev–Trinajstić information content (AvgIpc) is 3.28. The topological polar surface area (TPSA) is 81.2 Å². The number of nitrogens with zero attached hydrogens (tertiary/aromatic N) is 7. The molecular weight excluding hydrogens is 318 g/mol. The predicted molar refractivity (Wildman–Crippen MR) is 94.0 cm³/mol. The van der Waals surface area contributed by atoms with Crippen molar-refractivity contribution in [2.75, 3.05) is 11.4 Å². The third kappa shape index (κ3) is 2.69. The minimum Gasteiger partial charge on any atom is -0.332 e. The van der Waals surface area contributed by atoms with Crippen LogP contribution in [0.1, 0.15) is 35.9 Å². The lowest BCUT2D eigenvalue weighted by molar-refractivity contribution is -0.117. The molecule has 0 bridgehead atoms. The summed E-state index contributed by atoms with van der Waals surface area (Å²) in [7, 11) is 1.91. The minimum absolute atomic E-state index is 0.133. The molecule has 0 spiro atoms. The summed E-state index contributed by atoms with van der Waals surface area (Å²) in [4.78, 5) is 26.9. The molecule has 4 rings (SSSR count). The average molecular weight is 337 g/mol. The molecule has 0 saturated carbocycles. The molecule has 128 valence electrons. The van der Waals surface area contributed by atoms with Gasteiger partial charge in [0.25, 0.3) is 0 Å². The van der Waals surface area contributed by atoms with Crippen LogP contribution in [-0.4, -0.2) is 41.6 Å². The van der Waals surface area contributed by atoms with Crippen molar-refractivity contribution in [3.8, 4) is 0 Å². The van der Waals surface area contributed by atoms with Gasteiger partial charge in [-0.25, -0.2) is 14.5 Å². The van der Waals surface area contributed by atoms with Gasteiger partial charge in [0, 0.05) is 26.2 Å².